The summed E-state index contributed by atoms with van der Waals surface area (Å²) in [5, 5.41) is 12.3. The van der Waals surface area contributed by atoms with Gasteiger partial charge in [-0.3, -0.25) is 4.79 Å². The van der Waals surface area contributed by atoms with Gasteiger partial charge >= 0.3 is 0 Å². The van der Waals surface area contributed by atoms with Crippen LogP contribution >= 0.6 is 22.6 Å². The third kappa shape index (κ3) is 6.56. The van der Waals surface area contributed by atoms with Crippen molar-refractivity contribution in [3.05, 3.63) is 92.3 Å². The molecule has 0 aliphatic rings. The number of hydrogen-bond acceptors (Lipinski definition) is 4. The third-order valence-corrected chi connectivity index (χ3v) is 5.65. The van der Waals surface area contributed by atoms with E-state index in [1.165, 1.54) is 25.3 Å². The number of halogens is 2. The number of nitrogens with one attached hydrogen (secondary N) is 1. The topological polar surface area (TPSA) is 71.4 Å². The highest BCUT2D eigenvalue weighted by Crippen LogP contribution is 2.35. The third-order valence-electron chi connectivity index (χ3n) is 4.84. The van der Waals surface area contributed by atoms with Crippen LogP contribution in [0.1, 0.15) is 23.6 Å². The van der Waals surface area contributed by atoms with Crippen molar-refractivity contribution >= 4 is 40.3 Å². The van der Waals surface area contributed by atoms with Gasteiger partial charge in [0.05, 0.1) is 10.7 Å². The molecule has 168 valence electrons. The molecule has 3 rings (SSSR count). The van der Waals surface area contributed by atoms with Gasteiger partial charge in [0, 0.05) is 5.69 Å². The van der Waals surface area contributed by atoms with Crippen molar-refractivity contribution in [2.75, 3.05) is 12.4 Å². The van der Waals surface area contributed by atoms with E-state index >= 15 is 0 Å². The van der Waals surface area contributed by atoms with Crippen molar-refractivity contribution in [3.8, 4) is 17.6 Å². The van der Waals surface area contributed by atoms with E-state index in [1.54, 1.807) is 24.3 Å². The molecule has 0 saturated heterocycles. The van der Waals surface area contributed by atoms with Crippen molar-refractivity contribution in [1.29, 1.82) is 5.26 Å². The van der Waals surface area contributed by atoms with E-state index < -0.39 is 5.91 Å². The molecule has 3 aromatic carbocycles. The Kier molecular flexibility index (Phi) is 8.44. The number of amides is 1. The minimum absolute atomic E-state index is 0.0348. The standard InChI is InChI=1S/C26H22FIN2O3/c1-3-17-6-10-22(11-7-17)30-26(31)20(15-29)12-19-13-23(28)25(24(14-19)32-2)33-16-18-4-8-21(27)9-5-18/h4-14H,3,16H2,1-2H3,(H,30,31)/b20-12-. The van der Waals surface area contributed by atoms with E-state index in [-0.39, 0.29) is 18.0 Å². The number of benzene rings is 3. The van der Waals surface area contributed by atoms with Crippen LogP contribution in [0, 0.1) is 20.7 Å². The number of rotatable bonds is 8. The van der Waals surface area contributed by atoms with Gasteiger partial charge in [0.1, 0.15) is 24.1 Å². The summed E-state index contributed by atoms with van der Waals surface area (Å²) in [6, 6.07) is 19.0. The van der Waals surface area contributed by atoms with Gasteiger partial charge in [-0.1, -0.05) is 31.2 Å². The molecule has 0 radical (unpaired) electrons. The molecule has 0 spiro atoms. The zero-order valence-electron chi connectivity index (χ0n) is 18.2. The van der Waals surface area contributed by atoms with Crippen LogP contribution in [0.5, 0.6) is 11.5 Å². The molecule has 0 bridgehead atoms. The molecule has 0 aromatic heterocycles. The molecule has 0 aliphatic heterocycles. The SMILES string of the molecule is CCc1ccc(NC(=O)/C(C#N)=C\c2cc(I)c(OCc3ccc(F)cc3)c(OC)c2)cc1. The molecule has 0 atom stereocenters. The number of anilines is 1. The van der Waals surface area contributed by atoms with Gasteiger partial charge < -0.3 is 14.8 Å². The maximum Gasteiger partial charge on any atom is 0.266 e. The summed E-state index contributed by atoms with van der Waals surface area (Å²) in [6.45, 7) is 2.30. The van der Waals surface area contributed by atoms with E-state index in [0.717, 1.165) is 21.1 Å². The summed E-state index contributed by atoms with van der Waals surface area (Å²) in [5.41, 5.74) is 3.18. The van der Waals surface area contributed by atoms with E-state index in [2.05, 4.69) is 34.8 Å². The Morgan fingerprint density at radius 2 is 1.79 bits per heavy atom. The fourth-order valence-corrected chi connectivity index (χ4v) is 3.82. The quantitative estimate of drug-likeness (QED) is 0.206. The molecule has 5 nitrogen and oxygen atoms in total. The van der Waals surface area contributed by atoms with Crippen molar-refractivity contribution in [3.63, 3.8) is 0 Å². The lowest BCUT2D eigenvalue weighted by atomic mass is 10.1. The highest BCUT2D eigenvalue weighted by Gasteiger charge is 2.14. The second-order valence-corrected chi connectivity index (χ2v) is 8.29. The van der Waals surface area contributed by atoms with Gasteiger partial charge in [-0.05, 0) is 88.2 Å². The Labute approximate surface area is 206 Å². The highest BCUT2D eigenvalue weighted by atomic mass is 127. The Bertz CT molecular complexity index is 1200. The maximum absolute atomic E-state index is 13.1. The lowest BCUT2D eigenvalue weighted by molar-refractivity contribution is -0.112. The molecule has 0 heterocycles. The molecular weight excluding hydrogens is 534 g/mol. The fourth-order valence-electron chi connectivity index (χ4n) is 3.04. The number of nitriles is 1. The van der Waals surface area contributed by atoms with Gasteiger partial charge in [-0.15, -0.1) is 0 Å². The zero-order valence-corrected chi connectivity index (χ0v) is 20.4. The van der Waals surface area contributed by atoms with Gasteiger partial charge in [0.15, 0.2) is 11.5 Å². The molecule has 7 heteroatoms. The molecule has 0 fully saturated rings. The van der Waals surface area contributed by atoms with Crippen LogP contribution in [0.2, 0.25) is 0 Å². The largest absolute Gasteiger partial charge is 0.493 e. The molecule has 1 amide bonds. The predicted octanol–water partition coefficient (Wildman–Crippen LogP) is 6.13. The van der Waals surface area contributed by atoms with Crippen molar-refractivity contribution < 1.29 is 18.7 Å². The Hall–Kier alpha value is -3.38. The van der Waals surface area contributed by atoms with Crippen molar-refractivity contribution in [1.82, 2.24) is 0 Å². The minimum atomic E-state index is -0.493. The average Bonchev–Trinajstić information content (AvgIpc) is 2.83. The number of carbonyl (C=O) groups is 1. The normalized spacial score (nSPS) is 10.9. The van der Waals surface area contributed by atoms with Crippen LogP contribution in [-0.4, -0.2) is 13.0 Å². The van der Waals surface area contributed by atoms with E-state index in [9.17, 15) is 14.4 Å². The Morgan fingerprint density at radius 3 is 2.39 bits per heavy atom. The van der Waals surface area contributed by atoms with Crippen molar-refractivity contribution in [2.45, 2.75) is 20.0 Å². The van der Waals surface area contributed by atoms with E-state index in [1.807, 2.05) is 30.3 Å². The summed E-state index contributed by atoms with van der Waals surface area (Å²) < 4.78 is 25.2. The smallest absolute Gasteiger partial charge is 0.266 e. The van der Waals surface area contributed by atoms with Gasteiger partial charge in [0.25, 0.3) is 5.91 Å². The van der Waals surface area contributed by atoms with Crippen molar-refractivity contribution in [2.24, 2.45) is 0 Å². The molecule has 3 aromatic rings. The van der Waals surface area contributed by atoms with Crippen LogP contribution in [-0.2, 0) is 17.8 Å². The number of hydrogen-bond donors (Lipinski definition) is 1. The number of methoxy groups -OCH3 is 1. The first kappa shape index (κ1) is 24.3. The van der Waals surface area contributed by atoms with Crippen LogP contribution in [0.3, 0.4) is 0 Å². The van der Waals surface area contributed by atoms with Crippen LogP contribution in [0.25, 0.3) is 6.08 Å². The summed E-state index contributed by atoms with van der Waals surface area (Å²) >= 11 is 2.11. The first-order valence-electron chi connectivity index (χ1n) is 10.2. The lowest BCUT2D eigenvalue weighted by Crippen LogP contribution is -2.13. The maximum atomic E-state index is 13.1. The molecular formula is C26H22FIN2O3. The Balaban J connectivity index is 1.79. The molecule has 0 unspecified atom stereocenters. The molecule has 0 saturated carbocycles. The zero-order chi connectivity index (χ0) is 23.8. The summed E-state index contributed by atoms with van der Waals surface area (Å²) in [7, 11) is 1.52. The summed E-state index contributed by atoms with van der Waals surface area (Å²) in [4.78, 5) is 12.6. The van der Waals surface area contributed by atoms with Gasteiger partial charge in [-0.25, -0.2) is 4.39 Å². The summed E-state index contributed by atoms with van der Waals surface area (Å²) in [5.74, 6) is 0.186. The first-order chi connectivity index (χ1) is 15.9. The lowest BCUT2D eigenvalue weighted by Gasteiger charge is -2.14. The second kappa shape index (κ2) is 11.5. The number of carbonyl (C=O) groups excluding carboxylic acids is 1. The minimum Gasteiger partial charge on any atom is -0.493 e. The molecule has 1 N–H and O–H groups in total. The first-order valence-corrected chi connectivity index (χ1v) is 11.3. The summed E-state index contributed by atoms with van der Waals surface area (Å²) in [6.07, 6.45) is 2.41. The second-order valence-electron chi connectivity index (χ2n) is 7.12. The van der Waals surface area contributed by atoms with Crippen LogP contribution < -0.4 is 14.8 Å². The highest BCUT2D eigenvalue weighted by molar-refractivity contribution is 14.1. The fraction of sp³-hybridized carbons (Fsp3) is 0.154. The number of aryl methyl sites for hydroxylation is 1. The van der Waals surface area contributed by atoms with E-state index in [4.69, 9.17) is 9.47 Å². The van der Waals surface area contributed by atoms with E-state index in [0.29, 0.717) is 22.7 Å². The van der Waals surface area contributed by atoms with Gasteiger partial charge in [0.2, 0.25) is 0 Å². The monoisotopic (exact) mass is 556 g/mol. The Morgan fingerprint density at radius 1 is 1.12 bits per heavy atom. The number of nitrogens with zero attached hydrogens (tertiary/aromatic N) is 1. The number of ether oxygens (including phenoxy) is 2. The van der Waals surface area contributed by atoms with Crippen LogP contribution in [0.15, 0.2) is 66.2 Å². The van der Waals surface area contributed by atoms with Crippen LogP contribution in [0.4, 0.5) is 10.1 Å². The van der Waals surface area contributed by atoms with Gasteiger partial charge in [-0.2, -0.15) is 5.26 Å². The molecule has 0 aliphatic carbocycles. The predicted molar refractivity (Wildman–Crippen MR) is 134 cm³/mol. The average molecular weight is 556 g/mol. The molecule has 33 heavy (non-hydrogen) atoms.